The van der Waals surface area contributed by atoms with Crippen LogP contribution in [0, 0.1) is 5.82 Å². The number of primary amides is 1. The fourth-order valence-corrected chi connectivity index (χ4v) is 1.80. The van der Waals surface area contributed by atoms with Gasteiger partial charge in [0.25, 0.3) is 5.91 Å². The van der Waals surface area contributed by atoms with E-state index in [1.807, 2.05) is 0 Å². The number of halogens is 1. The lowest BCUT2D eigenvalue weighted by Crippen LogP contribution is -2.13. The average Bonchev–Trinajstić information content (AvgIpc) is 2.92. The van der Waals surface area contributed by atoms with E-state index in [9.17, 15) is 9.18 Å². The quantitative estimate of drug-likeness (QED) is 0.816. The Bertz CT molecular complexity index is 627. The van der Waals surface area contributed by atoms with Crippen molar-refractivity contribution in [2.75, 3.05) is 5.32 Å². The maximum atomic E-state index is 13.3. The average molecular weight is 292 g/mol. The summed E-state index contributed by atoms with van der Waals surface area (Å²) in [6.07, 6.45) is 2.85. The minimum atomic E-state index is -0.809. The maximum absolute atomic E-state index is 13.3. The van der Waals surface area contributed by atoms with Gasteiger partial charge in [-0.05, 0) is 24.6 Å². The lowest BCUT2D eigenvalue weighted by molar-refractivity contribution is 0.0996. The lowest BCUT2D eigenvalue weighted by Gasteiger charge is -2.05. The predicted octanol–water partition coefficient (Wildman–Crippen LogP) is 2.26. The van der Waals surface area contributed by atoms with Crippen LogP contribution in [0.2, 0.25) is 0 Å². The number of carbonyl (C=O) groups is 1. The van der Waals surface area contributed by atoms with Crippen LogP contribution in [0.4, 0.5) is 10.1 Å². The van der Waals surface area contributed by atoms with E-state index in [1.165, 1.54) is 18.2 Å². The molecule has 7 heteroatoms. The van der Waals surface area contributed by atoms with E-state index in [0.29, 0.717) is 23.9 Å². The van der Waals surface area contributed by atoms with Gasteiger partial charge in [-0.3, -0.25) is 4.79 Å². The smallest absolute Gasteiger partial charge is 0.251 e. The molecule has 0 bridgehead atoms. The molecule has 6 nitrogen and oxygen atoms in total. The summed E-state index contributed by atoms with van der Waals surface area (Å²) >= 11 is 0. The molecule has 1 aromatic carbocycles. The van der Waals surface area contributed by atoms with Crippen LogP contribution in [0.3, 0.4) is 0 Å². The first-order chi connectivity index (χ1) is 10.1. The number of carbonyl (C=O) groups excluding carboxylic acids is 1. The van der Waals surface area contributed by atoms with Crippen molar-refractivity contribution >= 4 is 11.6 Å². The molecule has 1 amide bonds. The maximum Gasteiger partial charge on any atom is 0.251 e. The number of amides is 1. The highest BCUT2D eigenvalue weighted by atomic mass is 19.1. The first kappa shape index (κ1) is 15.0. The molecule has 0 unspecified atom stereocenters. The van der Waals surface area contributed by atoms with Crippen molar-refractivity contribution in [2.45, 2.75) is 32.7 Å². The van der Waals surface area contributed by atoms with Crippen LogP contribution in [0.5, 0.6) is 0 Å². The van der Waals surface area contributed by atoms with Gasteiger partial charge in [0, 0.05) is 12.1 Å². The van der Waals surface area contributed by atoms with Crippen molar-refractivity contribution in [1.82, 2.24) is 10.1 Å². The Balaban J connectivity index is 1.98. The van der Waals surface area contributed by atoms with Crippen molar-refractivity contribution < 1.29 is 13.7 Å². The highest BCUT2D eigenvalue weighted by molar-refractivity contribution is 5.94. The first-order valence-corrected chi connectivity index (χ1v) is 6.75. The number of rotatable bonds is 7. The van der Waals surface area contributed by atoms with Crippen LogP contribution in [0.1, 0.15) is 41.8 Å². The molecule has 0 aliphatic carbocycles. The summed E-state index contributed by atoms with van der Waals surface area (Å²) < 4.78 is 18.4. The van der Waals surface area contributed by atoms with Crippen LogP contribution in [0.25, 0.3) is 0 Å². The molecule has 1 aromatic heterocycles. The van der Waals surface area contributed by atoms with Crippen molar-refractivity contribution in [3.05, 3.63) is 41.3 Å². The van der Waals surface area contributed by atoms with Gasteiger partial charge in [-0.2, -0.15) is 4.98 Å². The second kappa shape index (κ2) is 6.83. The van der Waals surface area contributed by atoms with Gasteiger partial charge in [0.15, 0.2) is 5.82 Å². The summed E-state index contributed by atoms with van der Waals surface area (Å²) in [5, 5.41) is 6.85. The second-order valence-corrected chi connectivity index (χ2v) is 4.62. The van der Waals surface area contributed by atoms with Crippen LogP contribution >= 0.6 is 0 Å². The molecule has 0 aliphatic heterocycles. The van der Waals surface area contributed by atoms with Crippen LogP contribution in [-0.4, -0.2) is 16.0 Å². The number of unbranched alkanes of at least 4 members (excludes halogenated alkanes) is 1. The predicted molar refractivity (Wildman–Crippen MR) is 75.2 cm³/mol. The van der Waals surface area contributed by atoms with Crippen molar-refractivity contribution in [3.8, 4) is 0 Å². The monoisotopic (exact) mass is 292 g/mol. The normalized spacial score (nSPS) is 10.6. The molecule has 3 N–H and O–H groups in total. The Morgan fingerprint density at radius 1 is 1.48 bits per heavy atom. The minimum absolute atomic E-state index is 0.158. The molecule has 0 saturated carbocycles. The summed E-state index contributed by atoms with van der Waals surface area (Å²) in [5.41, 5.74) is 5.49. The van der Waals surface area contributed by atoms with E-state index >= 15 is 0 Å². The van der Waals surface area contributed by atoms with Gasteiger partial charge in [-0.25, -0.2) is 4.39 Å². The number of hydrogen-bond acceptors (Lipinski definition) is 5. The fraction of sp³-hybridized carbons (Fsp3) is 0.357. The van der Waals surface area contributed by atoms with E-state index in [2.05, 4.69) is 22.4 Å². The Labute approximate surface area is 121 Å². The van der Waals surface area contributed by atoms with Gasteiger partial charge in [-0.15, -0.1) is 0 Å². The molecule has 2 rings (SSSR count). The fourth-order valence-electron chi connectivity index (χ4n) is 1.80. The molecular formula is C14H17FN4O2. The molecule has 112 valence electrons. The highest BCUT2D eigenvalue weighted by Crippen LogP contribution is 2.15. The Hall–Kier alpha value is -2.44. The number of hydrogen-bond donors (Lipinski definition) is 2. The molecule has 0 fully saturated rings. The van der Waals surface area contributed by atoms with Gasteiger partial charge in [0.1, 0.15) is 5.82 Å². The van der Waals surface area contributed by atoms with Gasteiger partial charge in [0.05, 0.1) is 12.1 Å². The summed E-state index contributed by atoms with van der Waals surface area (Å²) in [5.74, 6) is -0.347. The van der Waals surface area contributed by atoms with Crippen molar-refractivity contribution in [2.24, 2.45) is 5.73 Å². The Morgan fingerprint density at radius 2 is 2.29 bits per heavy atom. The van der Waals surface area contributed by atoms with Gasteiger partial charge >= 0.3 is 0 Å². The first-order valence-electron chi connectivity index (χ1n) is 6.75. The number of nitrogens with one attached hydrogen (secondary N) is 1. The number of nitrogens with zero attached hydrogens (tertiary/aromatic N) is 2. The van der Waals surface area contributed by atoms with E-state index in [-0.39, 0.29) is 5.56 Å². The lowest BCUT2D eigenvalue weighted by atomic mass is 10.2. The van der Waals surface area contributed by atoms with E-state index in [0.717, 1.165) is 19.3 Å². The molecular weight excluding hydrogens is 275 g/mol. The number of benzene rings is 1. The van der Waals surface area contributed by atoms with Crippen LogP contribution in [-0.2, 0) is 13.0 Å². The number of anilines is 1. The molecule has 1 heterocycles. The molecule has 0 radical (unpaired) electrons. The molecule has 21 heavy (non-hydrogen) atoms. The van der Waals surface area contributed by atoms with Crippen LogP contribution < -0.4 is 11.1 Å². The van der Waals surface area contributed by atoms with E-state index < -0.39 is 11.7 Å². The number of nitrogens with two attached hydrogens (primary N) is 1. The van der Waals surface area contributed by atoms with E-state index in [1.54, 1.807) is 0 Å². The molecule has 0 saturated heterocycles. The molecule has 2 aromatic rings. The second-order valence-electron chi connectivity index (χ2n) is 4.62. The standard InChI is InChI=1S/C14H17FN4O2/c1-2-3-4-12-18-13(21-19-12)8-17-9-5-6-11(15)10(7-9)14(16)20/h5-7,17H,2-4,8H2,1H3,(H2,16,20). The van der Waals surface area contributed by atoms with Crippen molar-refractivity contribution in [1.29, 1.82) is 0 Å². The third-order valence-corrected chi connectivity index (χ3v) is 2.94. The van der Waals surface area contributed by atoms with Gasteiger partial charge in [0.2, 0.25) is 5.89 Å². The summed E-state index contributed by atoms with van der Waals surface area (Å²) in [6, 6.07) is 4.05. The topological polar surface area (TPSA) is 94.0 Å². The molecule has 0 aliphatic rings. The van der Waals surface area contributed by atoms with Gasteiger partial charge < -0.3 is 15.6 Å². The Kier molecular flexibility index (Phi) is 4.86. The number of aryl methyl sites for hydroxylation is 1. The third kappa shape index (κ3) is 4.01. The molecule has 0 atom stereocenters. The highest BCUT2D eigenvalue weighted by Gasteiger charge is 2.10. The summed E-state index contributed by atoms with van der Waals surface area (Å²) in [4.78, 5) is 15.3. The van der Waals surface area contributed by atoms with E-state index in [4.69, 9.17) is 10.3 Å². The largest absolute Gasteiger partial charge is 0.376 e. The summed E-state index contributed by atoms with van der Waals surface area (Å²) in [7, 11) is 0. The van der Waals surface area contributed by atoms with Crippen LogP contribution in [0.15, 0.2) is 22.7 Å². The number of aromatic nitrogens is 2. The zero-order valence-corrected chi connectivity index (χ0v) is 11.7. The minimum Gasteiger partial charge on any atom is -0.376 e. The zero-order chi connectivity index (χ0) is 15.2. The van der Waals surface area contributed by atoms with Crippen molar-refractivity contribution in [3.63, 3.8) is 0 Å². The molecule has 0 spiro atoms. The summed E-state index contributed by atoms with van der Waals surface area (Å²) in [6.45, 7) is 2.39. The third-order valence-electron chi connectivity index (χ3n) is 2.94. The SMILES string of the molecule is CCCCc1noc(CNc2ccc(F)c(C(N)=O)c2)n1. The van der Waals surface area contributed by atoms with Gasteiger partial charge in [-0.1, -0.05) is 18.5 Å². The zero-order valence-electron chi connectivity index (χ0n) is 11.7. The Morgan fingerprint density at radius 3 is 3.00 bits per heavy atom.